The molecule has 0 bridgehead atoms. The molecule has 1 aromatic rings. The Morgan fingerprint density at radius 1 is 1.24 bits per heavy atom. The minimum absolute atomic E-state index is 0.0587. The van der Waals surface area contributed by atoms with Gasteiger partial charge in [-0.1, -0.05) is 29.8 Å². The summed E-state index contributed by atoms with van der Waals surface area (Å²) in [6, 6.07) is 5.85. The molecule has 2 aliphatic heterocycles. The predicted molar refractivity (Wildman–Crippen MR) is 133 cm³/mol. The van der Waals surface area contributed by atoms with E-state index in [-0.39, 0.29) is 24.1 Å². The monoisotopic (exact) mass is 450 g/mol. The van der Waals surface area contributed by atoms with Crippen LogP contribution in [0, 0.1) is 0 Å². The average molecular weight is 450 g/mol. The Hall–Kier alpha value is -2.58. The van der Waals surface area contributed by atoms with Gasteiger partial charge in [-0.2, -0.15) is 0 Å². The van der Waals surface area contributed by atoms with Gasteiger partial charge in [-0.05, 0) is 56.5 Å². The highest BCUT2D eigenvalue weighted by molar-refractivity contribution is 6.23. The smallest absolute Gasteiger partial charge is 0.318 e. The third kappa shape index (κ3) is 5.50. The molecular formula is C25H35BN4O3. The van der Waals surface area contributed by atoms with Gasteiger partial charge in [-0.15, -0.1) is 0 Å². The quantitative estimate of drug-likeness (QED) is 0.685. The molecule has 8 heteroatoms. The van der Waals surface area contributed by atoms with E-state index in [1.54, 1.807) is 12.0 Å². The van der Waals surface area contributed by atoms with Gasteiger partial charge in [0.25, 0.3) is 0 Å². The second-order valence-corrected chi connectivity index (χ2v) is 9.62. The average Bonchev–Trinajstić information content (AvgIpc) is 3.19. The number of hydrogen-bond acceptors (Lipinski definition) is 4. The molecule has 4 atom stereocenters. The summed E-state index contributed by atoms with van der Waals surface area (Å²) in [6.07, 6.45) is 9.19. The maximum Gasteiger partial charge on any atom is 0.318 e. The van der Waals surface area contributed by atoms with Gasteiger partial charge in [0.2, 0.25) is 5.91 Å². The SMILES string of the molecule is BC1=CCC(NC(=O)N2CC(OC)CC2C(=O)Nc2ccc3c(c2)CCN(C)C(C)C3)C=C1. The molecule has 33 heavy (non-hydrogen) atoms. The summed E-state index contributed by atoms with van der Waals surface area (Å²) in [6.45, 7) is 3.65. The first kappa shape index (κ1) is 23.6. The molecule has 3 amide bonds. The molecule has 1 saturated heterocycles. The Labute approximate surface area is 197 Å². The van der Waals surface area contributed by atoms with Gasteiger partial charge in [0.15, 0.2) is 0 Å². The molecule has 1 aromatic carbocycles. The van der Waals surface area contributed by atoms with Crippen molar-refractivity contribution < 1.29 is 14.3 Å². The summed E-state index contributed by atoms with van der Waals surface area (Å²) >= 11 is 0. The number of hydrogen-bond donors (Lipinski definition) is 2. The lowest BCUT2D eigenvalue weighted by Gasteiger charge is -2.27. The number of nitrogens with zero attached hydrogens (tertiary/aromatic N) is 2. The molecule has 176 valence electrons. The zero-order valence-electron chi connectivity index (χ0n) is 20.1. The maximum absolute atomic E-state index is 13.2. The van der Waals surface area contributed by atoms with Crippen LogP contribution in [-0.2, 0) is 22.4 Å². The molecule has 2 heterocycles. The number of likely N-dealkylation sites (N-methyl/N-ethyl adjacent to an activating group) is 1. The highest BCUT2D eigenvalue weighted by atomic mass is 16.5. The fourth-order valence-corrected chi connectivity index (χ4v) is 4.87. The number of likely N-dealkylation sites (tertiary alicyclic amines) is 1. The molecule has 3 aliphatic rings. The minimum atomic E-state index is -0.565. The molecule has 0 radical (unpaired) electrons. The van der Waals surface area contributed by atoms with Gasteiger partial charge in [0.1, 0.15) is 13.9 Å². The Bertz CT molecular complexity index is 963. The lowest BCUT2D eigenvalue weighted by Crippen LogP contribution is -2.50. The Morgan fingerprint density at radius 3 is 2.79 bits per heavy atom. The normalized spacial score (nSPS) is 27.5. The summed E-state index contributed by atoms with van der Waals surface area (Å²) in [4.78, 5) is 30.3. The number of ether oxygens (including phenoxy) is 1. The molecule has 7 nitrogen and oxygen atoms in total. The van der Waals surface area contributed by atoms with Gasteiger partial charge in [0, 0.05) is 38.3 Å². The summed E-state index contributed by atoms with van der Waals surface area (Å²) in [5.74, 6) is -0.168. The third-order valence-corrected chi connectivity index (χ3v) is 7.23. The molecule has 4 rings (SSSR count). The Morgan fingerprint density at radius 2 is 2.06 bits per heavy atom. The van der Waals surface area contributed by atoms with Crippen molar-refractivity contribution in [2.45, 2.75) is 56.8 Å². The number of fused-ring (bicyclic) bond motifs is 1. The molecule has 2 N–H and O–H groups in total. The number of carbonyl (C=O) groups is 2. The minimum Gasteiger partial charge on any atom is -0.380 e. The largest absolute Gasteiger partial charge is 0.380 e. The van der Waals surface area contributed by atoms with Crippen molar-refractivity contribution >= 4 is 25.5 Å². The number of amides is 3. The number of urea groups is 1. The third-order valence-electron chi connectivity index (χ3n) is 7.23. The van der Waals surface area contributed by atoms with Crippen molar-refractivity contribution in [1.82, 2.24) is 15.1 Å². The van der Waals surface area contributed by atoms with Crippen LogP contribution >= 0.6 is 0 Å². The number of anilines is 1. The first-order chi connectivity index (χ1) is 15.8. The van der Waals surface area contributed by atoms with E-state index >= 15 is 0 Å². The van der Waals surface area contributed by atoms with Gasteiger partial charge in [-0.25, -0.2) is 4.79 Å². The number of rotatable bonds is 4. The van der Waals surface area contributed by atoms with E-state index in [0.717, 1.165) is 31.5 Å². The van der Waals surface area contributed by atoms with E-state index in [4.69, 9.17) is 4.74 Å². The highest BCUT2D eigenvalue weighted by Gasteiger charge is 2.40. The summed E-state index contributed by atoms with van der Waals surface area (Å²) < 4.78 is 5.50. The lowest BCUT2D eigenvalue weighted by atomic mass is 9.89. The zero-order chi connectivity index (χ0) is 23.5. The van der Waals surface area contributed by atoms with Crippen LogP contribution in [0.2, 0.25) is 0 Å². The van der Waals surface area contributed by atoms with Crippen molar-refractivity contribution in [2.24, 2.45) is 0 Å². The van der Waals surface area contributed by atoms with Crippen LogP contribution in [0.5, 0.6) is 0 Å². The molecule has 1 aliphatic carbocycles. The van der Waals surface area contributed by atoms with Crippen molar-refractivity contribution in [3.05, 3.63) is 53.0 Å². The molecule has 0 aromatic heterocycles. The molecule has 0 saturated carbocycles. The number of methoxy groups -OCH3 is 1. The number of carbonyl (C=O) groups excluding carboxylic acids is 2. The van der Waals surface area contributed by atoms with E-state index in [1.807, 2.05) is 26.1 Å². The van der Waals surface area contributed by atoms with Gasteiger partial charge in [0.05, 0.1) is 12.1 Å². The van der Waals surface area contributed by atoms with Crippen LogP contribution in [0.3, 0.4) is 0 Å². The second-order valence-electron chi connectivity index (χ2n) is 9.62. The van der Waals surface area contributed by atoms with Crippen molar-refractivity contribution in [2.75, 3.05) is 32.6 Å². The first-order valence-corrected chi connectivity index (χ1v) is 11.9. The summed E-state index contributed by atoms with van der Waals surface area (Å²) in [5.41, 5.74) is 4.61. The van der Waals surface area contributed by atoms with Gasteiger partial charge < -0.3 is 25.2 Å². The van der Waals surface area contributed by atoms with Crippen molar-refractivity contribution in [3.8, 4) is 0 Å². The van der Waals surface area contributed by atoms with Crippen LogP contribution in [0.15, 0.2) is 41.9 Å². The van der Waals surface area contributed by atoms with E-state index in [9.17, 15) is 9.59 Å². The fraction of sp³-hybridized carbons (Fsp3) is 0.520. The molecular weight excluding hydrogens is 415 g/mol. The Kier molecular flexibility index (Phi) is 7.24. The second kappa shape index (κ2) is 10.1. The van der Waals surface area contributed by atoms with E-state index in [1.165, 1.54) is 16.6 Å². The van der Waals surface area contributed by atoms with Gasteiger partial charge >= 0.3 is 6.03 Å². The molecule has 4 unspecified atom stereocenters. The van der Waals surface area contributed by atoms with Crippen molar-refractivity contribution in [1.29, 1.82) is 0 Å². The highest BCUT2D eigenvalue weighted by Crippen LogP contribution is 2.25. The zero-order valence-corrected chi connectivity index (χ0v) is 20.1. The summed E-state index contributed by atoms with van der Waals surface area (Å²) in [7, 11) is 5.83. The van der Waals surface area contributed by atoms with Crippen molar-refractivity contribution in [3.63, 3.8) is 0 Å². The van der Waals surface area contributed by atoms with Crippen LogP contribution < -0.4 is 10.6 Å². The number of allylic oxidation sites excluding steroid dienone is 2. The van der Waals surface area contributed by atoms with E-state index in [0.29, 0.717) is 19.0 Å². The molecule has 0 spiro atoms. The van der Waals surface area contributed by atoms with Crippen LogP contribution in [0.25, 0.3) is 0 Å². The van der Waals surface area contributed by atoms with Gasteiger partial charge in [-0.3, -0.25) is 4.79 Å². The van der Waals surface area contributed by atoms with Crippen LogP contribution in [0.1, 0.15) is 30.9 Å². The first-order valence-electron chi connectivity index (χ1n) is 11.9. The standard InChI is InChI=1S/C25H35BN4O3/c1-16-12-17-4-7-21(13-18(17)10-11-29(16)2)27-24(31)23-14-22(33-3)15-30(23)25(32)28-20-8-5-19(26)6-9-20/h4-8,13,16,20,22-23H,9-12,14-15,26H2,1-3H3,(H,27,31)(H,28,32). The topological polar surface area (TPSA) is 73.9 Å². The van der Waals surface area contributed by atoms with Crippen LogP contribution in [0.4, 0.5) is 10.5 Å². The number of nitrogens with one attached hydrogen (secondary N) is 2. The fourth-order valence-electron chi connectivity index (χ4n) is 4.87. The molecule has 1 fully saturated rings. The van der Waals surface area contributed by atoms with Crippen LogP contribution in [-0.4, -0.2) is 81.1 Å². The van der Waals surface area contributed by atoms with E-state index < -0.39 is 6.04 Å². The summed E-state index contributed by atoms with van der Waals surface area (Å²) in [5, 5.41) is 6.11. The maximum atomic E-state index is 13.2. The lowest BCUT2D eigenvalue weighted by molar-refractivity contribution is -0.119. The number of benzene rings is 1. The predicted octanol–water partition coefficient (Wildman–Crippen LogP) is 1.69. The van der Waals surface area contributed by atoms with E-state index in [2.05, 4.69) is 47.7 Å². The Balaban J connectivity index is 1.43.